The molecule has 4 nitrogen and oxygen atoms in total. The van der Waals surface area contributed by atoms with Crippen LogP contribution in [0.5, 0.6) is 0 Å². The summed E-state index contributed by atoms with van der Waals surface area (Å²) in [6, 6.07) is 0. The summed E-state index contributed by atoms with van der Waals surface area (Å²) >= 11 is 1.54. The van der Waals surface area contributed by atoms with Crippen LogP contribution >= 0.6 is 11.3 Å². The fourth-order valence-electron chi connectivity index (χ4n) is 1.20. The molecule has 5 heteroatoms. The van der Waals surface area contributed by atoms with Crippen LogP contribution in [0.15, 0.2) is 5.38 Å². The molecule has 0 spiro atoms. The molecule has 1 heterocycles. The second-order valence-corrected chi connectivity index (χ2v) is 4.25. The average molecular weight is 228 g/mol. The van der Waals surface area contributed by atoms with Gasteiger partial charge >= 0.3 is 5.97 Å². The average Bonchev–Trinajstić information content (AvgIpc) is 2.59. The first-order chi connectivity index (χ1) is 7.22. The second-order valence-electron chi connectivity index (χ2n) is 3.30. The van der Waals surface area contributed by atoms with Gasteiger partial charge in [-0.3, -0.25) is 4.79 Å². The number of hydrogen-bond acceptors (Lipinski definition) is 4. The van der Waals surface area contributed by atoms with Crippen molar-refractivity contribution in [1.29, 1.82) is 0 Å². The number of nitrogens with zero attached hydrogens (tertiary/aromatic N) is 1. The molecule has 0 saturated heterocycles. The highest BCUT2D eigenvalue weighted by molar-refractivity contribution is 7.09. The van der Waals surface area contributed by atoms with Gasteiger partial charge < -0.3 is 10.4 Å². The largest absolute Gasteiger partial charge is 0.481 e. The molecule has 0 saturated carbocycles. The van der Waals surface area contributed by atoms with Gasteiger partial charge in [0, 0.05) is 18.3 Å². The molecule has 0 aliphatic carbocycles. The number of hydrogen-bond donors (Lipinski definition) is 2. The lowest BCUT2D eigenvalue weighted by molar-refractivity contribution is -0.136. The molecular formula is C10H16N2O2S. The third kappa shape index (κ3) is 4.90. The number of aliphatic carboxylic acids is 1. The van der Waals surface area contributed by atoms with Crippen molar-refractivity contribution in [3.8, 4) is 0 Å². The first-order valence-corrected chi connectivity index (χ1v) is 5.96. The molecule has 0 aliphatic heterocycles. The van der Waals surface area contributed by atoms with Crippen LogP contribution in [-0.4, -0.2) is 29.1 Å². The number of thiazole rings is 1. The Kier molecular flexibility index (Phi) is 5.28. The van der Waals surface area contributed by atoms with Gasteiger partial charge in [-0.25, -0.2) is 4.98 Å². The van der Waals surface area contributed by atoms with Crippen molar-refractivity contribution in [2.45, 2.75) is 26.2 Å². The van der Waals surface area contributed by atoms with Crippen molar-refractivity contribution in [3.05, 3.63) is 16.1 Å². The lowest BCUT2D eigenvalue weighted by atomic mass is 10.3. The zero-order valence-corrected chi connectivity index (χ0v) is 9.64. The first kappa shape index (κ1) is 12.1. The Morgan fingerprint density at radius 3 is 3.07 bits per heavy atom. The van der Waals surface area contributed by atoms with E-state index in [1.54, 1.807) is 0 Å². The van der Waals surface area contributed by atoms with Crippen molar-refractivity contribution in [2.24, 2.45) is 0 Å². The van der Waals surface area contributed by atoms with Crippen LogP contribution in [0.2, 0.25) is 0 Å². The second kappa shape index (κ2) is 6.53. The van der Waals surface area contributed by atoms with Crippen LogP contribution in [-0.2, 0) is 17.6 Å². The van der Waals surface area contributed by atoms with Crippen molar-refractivity contribution >= 4 is 17.3 Å². The minimum Gasteiger partial charge on any atom is -0.481 e. The third-order valence-electron chi connectivity index (χ3n) is 1.87. The molecule has 0 radical (unpaired) electrons. The van der Waals surface area contributed by atoms with Gasteiger partial charge in [-0.15, -0.1) is 11.3 Å². The summed E-state index contributed by atoms with van der Waals surface area (Å²) in [5.41, 5.74) is 0.665. The predicted molar refractivity (Wildman–Crippen MR) is 60.3 cm³/mol. The van der Waals surface area contributed by atoms with Crippen molar-refractivity contribution in [1.82, 2.24) is 10.3 Å². The van der Waals surface area contributed by atoms with Gasteiger partial charge in [-0.05, 0) is 13.0 Å². The summed E-state index contributed by atoms with van der Waals surface area (Å²) in [6.45, 7) is 4.06. The van der Waals surface area contributed by atoms with E-state index in [0.717, 1.165) is 30.9 Å². The Morgan fingerprint density at radius 2 is 2.40 bits per heavy atom. The Bertz CT molecular complexity index is 312. The van der Waals surface area contributed by atoms with Gasteiger partial charge in [-0.2, -0.15) is 0 Å². The van der Waals surface area contributed by atoms with Gasteiger partial charge in [0.1, 0.15) is 0 Å². The van der Waals surface area contributed by atoms with E-state index in [-0.39, 0.29) is 6.42 Å². The van der Waals surface area contributed by atoms with Crippen LogP contribution in [0.4, 0.5) is 0 Å². The van der Waals surface area contributed by atoms with E-state index in [2.05, 4.69) is 17.2 Å². The molecule has 0 aromatic carbocycles. The number of carboxylic acids is 1. The highest BCUT2D eigenvalue weighted by Crippen LogP contribution is 2.10. The van der Waals surface area contributed by atoms with E-state index in [9.17, 15) is 4.79 Å². The minimum atomic E-state index is -0.823. The third-order valence-corrected chi connectivity index (χ3v) is 2.83. The van der Waals surface area contributed by atoms with E-state index in [1.165, 1.54) is 11.3 Å². The van der Waals surface area contributed by atoms with Gasteiger partial charge in [0.25, 0.3) is 0 Å². The zero-order chi connectivity index (χ0) is 11.1. The fourth-order valence-corrected chi connectivity index (χ4v) is 1.99. The maximum atomic E-state index is 10.4. The molecular weight excluding hydrogens is 212 g/mol. The molecule has 1 aromatic rings. The Morgan fingerprint density at radius 1 is 1.60 bits per heavy atom. The molecule has 2 N–H and O–H groups in total. The molecule has 1 rings (SSSR count). The SMILES string of the molecule is CCCNCCc1nc(CC(=O)O)cs1. The molecule has 0 bridgehead atoms. The van der Waals surface area contributed by atoms with E-state index in [4.69, 9.17) is 5.11 Å². The zero-order valence-electron chi connectivity index (χ0n) is 8.82. The normalized spacial score (nSPS) is 10.5. The summed E-state index contributed by atoms with van der Waals surface area (Å²) in [6.07, 6.45) is 2.03. The maximum absolute atomic E-state index is 10.4. The molecule has 0 atom stereocenters. The molecule has 84 valence electrons. The molecule has 0 amide bonds. The topological polar surface area (TPSA) is 62.2 Å². The smallest absolute Gasteiger partial charge is 0.309 e. The molecule has 0 fully saturated rings. The minimum absolute atomic E-state index is 0.0267. The van der Waals surface area contributed by atoms with Crippen molar-refractivity contribution in [3.63, 3.8) is 0 Å². The standard InChI is InChI=1S/C10H16N2O2S/c1-2-4-11-5-3-9-12-8(7-15-9)6-10(13)14/h7,11H,2-6H2,1H3,(H,13,14). The van der Waals surface area contributed by atoms with Crippen molar-refractivity contribution in [2.75, 3.05) is 13.1 Å². The van der Waals surface area contributed by atoms with E-state index in [1.807, 2.05) is 5.38 Å². The Hall–Kier alpha value is -0.940. The van der Waals surface area contributed by atoms with Crippen LogP contribution in [0.1, 0.15) is 24.0 Å². The summed E-state index contributed by atoms with van der Waals surface area (Å²) in [5.74, 6) is -0.823. The summed E-state index contributed by atoms with van der Waals surface area (Å²) in [7, 11) is 0. The molecule has 15 heavy (non-hydrogen) atoms. The van der Waals surface area contributed by atoms with Crippen LogP contribution in [0.3, 0.4) is 0 Å². The summed E-state index contributed by atoms with van der Waals surface area (Å²) in [4.78, 5) is 14.7. The highest BCUT2D eigenvalue weighted by Gasteiger charge is 2.05. The lowest BCUT2D eigenvalue weighted by Gasteiger charge is -1.99. The van der Waals surface area contributed by atoms with Crippen LogP contribution in [0.25, 0.3) is 0 Å². The van der Waals surface area contributed by atoms with Crippen molar-refractivity contribution < 1.29 is 9.90 Å². The number of aromatic nitrogens is 1. The molecule has 0 aliphatic rings. The quantitative estimate of drug-likeness (QED) is 0.691. The van der Waals surface area contributed by atoms with Crippen LogP contribution < -0.4 is 5.32 Å². The Labute approximate surface area is 93.4 Å². The number of nitrogens with one attached hydrogen (secondary N) is 1. The maximum Gasteiger partial charge on any atom is 0.309 e. The highest BCUT2D eigenvalue weighted by atomic mass is 32.1. The lowest BCUT2D eigenvalue weighted by Crippen LogP contribution is -2.17. The monoisotopic (exact) mass is 228 g/mol. The van der Waals surface area contributed by atoms with Gasteiger partial charge in [-0.1, -0.05) is 6.92 Å². The number of carboxylic acid groups (broad SMARTS) is 1. The fraction of sp³-hybridized carbons (Fsp3) is 0.600. The van der Waals surface area contributed by atoms with E-state index < -0.39 is 5.97 Å². The van der Waals surface area contributed by atoms with E-state index >= 15 is 0 Å². The first-order valence-electron chi connectivity index (χ1n) is 5.08. The van der Waals surface area contributed by atoms with Gasteiger partial charge in [0.2, 0.25) is 0 Å². The summed E-state index contributed by atoms with van der Waals surface area (Å²) < 4.78 is 0. The number of carbonyl (C=O) groups is 1. The van der Waals surface area contributed by atoms with Gasteiger partial charge in [0.15, 0.2) is 0 Å². The van der Waals surface area contributed by atoms with E-state index in [0.29, 0.717) is 5.69 Å². The predicted octanol–water partition coefficient (Wildman–Crippen LogP) is 1.31. The molecule has 1 aromatic heterocycles. The van der Waals surface area contributed by atoms with Crippen LogP contribution in [0, 0.1) is 0 Å². The molecule has 0 unspecified atom stereocenters. The van der Waals surface area contributed by atoms with Gasteiger partial charge in [0.05, 0.1) is 17.1 Å². The number of rotatable bonds is 7. The Balaban J connectivity index is 2.29. The summed E-state index contributed by atoms with van der Waals surface area (Å²) in [5, 5.41) is 14.7.